The lowest BCUT2D eigenvalue weighted by Crippen LogP contribution is -2.33. The highest BCUT2D eigenvalue weighted by Crippen LogP contribution is 2.39. The first-order valence-electron chi connectivity index (χ1n) is 11.5. The van der Waals surface area contributed by atoms with E-state index in [4.69, 9.17) is 5.73 Å². The standard InChI is InChI=1S/C23H26F3N9/c1-13(2)34-17-7-9-33(12-16(17)30-32-34)10-8-18-28-21-19(23(24,25)26)20(29-22(27)35(21)31-18)15-6-4-5-14(3)11-15/h4-6,11,13H,7-10,12H2,1-3H3,(H2,27,29). The highest BCUT2D eigenvalue weighted by Gasteiger charge is 2.39. The molecule has 1 aliphatic rings. The Bertz CT molecular complexity index is 1390. The summed E-state index contributed by atoms with van der Waals surface area (Å²) in [7, 11) is 0. The van der Waals surface area contributed by atoms with E-state index in [1.165, 1.54) is 0 Å². The molecule has 0 radical (unpaired) electrons. The fourth-order valence-corrected chi connectivity index (χ4v) is 4.51. The van der Waals surface area contributed by atoms with Gasteiger partial charge in [0.25, 0.3) is 0 Å². The number of hydrogen-bond donors (Lipinski definition) is 1. The zero-order valence-electron chi connectivity index (χ0n) is 19.7. The van der Waals surface area contributed by atoms with Gasteiger partial charge in [-0.1, -0.05) is 29.0 Å². The summed E-state index contributed by atoms with van der Waals surface area (Å²) < 4.78 is 45.5. The summed E-state index contributed by atoms with van der Waals surface area (Å²) in [5.74, 6) is 0.137. The molecule has 12 heteroatoms. The normalized spacial score (nSPS) is 14.7. The van der Waals surface area contributed by atoms with Gasteiger partial charge in [0.1, 0.15) is 5.56 Å². The second-order valence-corrected chi connectivity index (χ2v) is 9.12. The Morgan fingerprint density at radius 1 is 1.17 bits per heavy atom. The van der Waals surface area contributed by atoms with Crippen molar-refractivity contribution in [1.82, 2.24) is 39.5 Å². The molecule has 0 spiro atoms. The van der Waals surface area contributed by atoms with Gasteiger partial charge in [0.05, 0.1) is 17.1 Å². The van der Waals surface area contributed by atoms with E-state index in [9.17, 15) is 13.2 Å². The summed E-state index contributed by atoms with van der Waals surface area (Å²) in [6.07, 6.45) is -3.50. The van der Waals surface area contributed by atoms with E-state index in [2.05, 4.69) is 44.1 Å². The van der Waals surface area contributed by atoms with Crippen LogP contribution in [0.2, 0.25) is 0 Å². The largest absolute Gasteiger partial charge is 0.422 e. The predicted octanol–water partition coefficient (Wildman–Crippen LogP) is 3.47. The molecule has 0 bridgehead atoms. The zero-order valence-corrected chi connectivity index (χ0v) is 19.7. The maximum Gasteiger partial charge on any atom is 0.422 e. The number of nitrogens with two attached hydrogens (primary N) is 1. The first kappa shape index (κ1) is 23.2. The second kappa shape index (κ2) is 8.59. The highest BCUT2D eigenvalue weighted by atomic mass is 19.4. The van der Waals surface area contributed by atoms with Crippen LogP contribution in [0.15, 0.2) is 24.3 Å². The van der Waals surface area contributed by atoms with Crippen LogP contribution in [0, 0.1) is 6.92 Å². The molecule has 5 rings (SSSR count). The van der Waals surface area contributed by atoms with Crippen LogP contribution in [0.4, 0.5) is 19.1 Å². The first-order valence-corrected chi connectivity index (χ1v) is 11.5. The molecule has 1 aliphatic heterocycles. The minimum Gasteiger partial charge on any atom is -0.368 e. The number of halogens is 3. The van der Waals surface area contributed by atoms with E-state index in [0.29, 0.717) is 25.1 Å². The minimum absolute atomic E-state index is 0.142. The van der Waals surface area contributed by atoms with E-state index in [-0.39, 0.29) is 29.2 Å². The van der Waals surface area contributed by atoms with Crippen LogP contribution in [0.5, 0.6) is 0 Å². The monoisotopic (exact) mass is 485 g/mol. The van der Waals surface area contributed by atoms with Crippen molar-refractivity contribution >= 4 is 11.6 Å². The third-order valence-corrected chi connectivity index (χ3v) is 6.18. The molecule has 35 heavy (non-hydrogen) atoms. The van der Waals surface area contributed by atoms with Crippen molar-refractivity contribution in [2.45, 2.75) is 52.4 Å². The molecule has 184 valence electrons. The minimum atomic E-state index is -4.68. The molecule has 3 aromatic heterocycles. The van der Waals surface area contributed by atoms with Gasteiger partial charge in [0.2, 0.25) is 5.95 Å². The van der Waals surface area contributed by atoms with Crippen molar-refractivity contribution in [3.05, 3.63) is 52.6 Å². The van der Waals surface area contributed by atoms with Crippen LogP contribution in [-0.4, -0.2) is 52.6 Å². The number of alkyl halides is 3. The topological polar surface area (TPSA) is 103 Å². The Balaban J connectivity index is 1.44. The molecule has 2 N–H and O–H groups in total. The van der Waals surface area contributed by atoms with Crippen LogP contribution < -0.4 is 5.73 Å². The molecule has 0 fully saturated rings. The van der Waals surface area contributed by atoms with E-state index < -0.39 is 11.7 Å². The number of aromatic nitrogens is 7. The number of benzene rings is 1. The lowest BCUT2D eigenvalue weighted by atomic mass is 10.0. The average molecular weight is 486 g/mol. The number of fused-ring (bicyclic) bond motifs is 2. The van der Waals surface area contributed by atoms with Crippen molar-refractivity contribution in [2.24, 2.45) is 0 Å². The Hall–Kier alpha value is -3.54. The van der Waals surface area contributed by atoms with Crippen LogP contribution in [0.1, 0.15) is 48.2 Å². The molecule has 0 amide bonds. The number of rotatable bonds is 5. The van der Waals surface area contributed by atoms with Crippen LogP contribution in [-0.2, 0) is 25.6 Å². The van der Waals surface area contributed by atoms with Crippen LogP contribution >= 0.6 is 0 Å². The maximum absolute atomic E-state index is 14.2. The Morgan fingerprint density at radius 3 is 2.69 bits per heavy atom. The summed E-state index contributed by atoms with van der Waals surface area (Å²) in [6, 6.07) is 6.96. The maximum atomic E-state index is 14.2. The molecule has 4 heterocycles. The fourth-order valence-electron chi connectivity index (χ4n) is 4.51. The quantitative estimate of drug-likeness (QED) is 0.462. The lowest BCUT2D eigenvalue weighted by molar-refractivity contribution is -0.136. The molecule has 0 saturated carbocycles. The van der Waals surface area contributed by atoms with Gasteiger partial charge in [-0.05, 0) is 26.8 Å². The van der Waals surface area contributed by atoms with Gasteiger partial charge in [-0.2, -0.15) is 17.7 Å². The smallest absolute Gasteiger partial charge is 0.368 e. The van der Waals surface area contributed by atoms with Crippen molar-refractivity contribution < 1.29 is 13.2 Å². The van der Waals surface area contributed by atoms with Crippen LogP contribution in [0.3, 0.4) is 0 Å². The number of anilines is 1. The Kier molecular flexibility index (Phi) is 5.70. The summed E-state index contributed by atoms with van der Waals surface area (Å²) in [5, 5.41) is 12.8. The fraction of sp³-hybridized carbons (Fsp3) is 0.435. The summed E-state index contributed by atoms with van der Waals surface area (Å²) in [5.41, 5.74) is 7.72. The van der Waals surface area contributed by atoms with Crippen molar-refractivity contribution in [1.29, 1.82) is 0 Å². The average Bonchev–Trinajstić information content (AvgIpc) is 3.41. The molecule has 0 saturated heterocycles. The zero-order chi connectivity index (χ0) is 24.9. The molecule has 0 atom stereocenters. The number of nitrogen functional groups attached to an aromatic ring is 1. The highest BCUT2D eigenvalue weighted by molar-refractivity contribution is 5.73. The van der Waals surface area contributed by atoms with E-state index in [1.807, 2.05) is 4.68 Å². The van der Waals surface area contributed by atoms with E-state index >= 15 is 0 Å². The van der Waals surface area contributed by atoms with E-state index in [1.54, 1.807) is 31.2 Å². The molecule has 0 aliphatic carbocycles. The Labute approximate surface area is 199 Å². The third-order valence-electron chi connectivity index (χ3n) is 6.18. The SMILES string of the molecule is Cc1cccc(-c2nc(N)n3nc(CCN4CCc5c(nnn5C(C)C)C4)nc3c2C(F)(F)F)c1. The molecular weight excluding hydrogens is 459 g/mol. The lowest BCUT2D eigenvalue weighted by Gasteiger charge is -2.26. The third kappa shape index (κ3) is 4.33. The van der Waals surface area contributed by atoms with Gasteiger partial charge < -0.3 is 5.73 Å². The summed E-state index contributed by atoms with van der Waals surface area (Å²) in [4.78, 5) is 10.5. The summed E-state index contributed by atoms with van der Waals surface area (Å²) in [6.45, 7) is 7.94. The van der Waals surface area contributed by atoms with Gasteiger partial charge in [-0.3, -0.25) is 4.90 Å². The van der Waals surface area contributed by atoms with Gasteiger partial charge in [0.15, 0.2) is 11.5 Å². The summed E-state index contributed by atoms with van der Waals surface area (Å²) >= 11 is 0. The van der Waals surface area contributed by atoms with Gasteiger partial charge in [0, 0.05) is 44.1 Å². The van der Waals surface area contributed by atoms with Crippen LogP contribution in [0.25, 0.3) is 16.9 Å². The second-order valence-electron chi connectivity index (χ2n) is 9.12. The number of hydrogen-bond acceptors (Lipinski definition) is 7. The molecule has 1 aromatic carbocycles. The molecule has 0 unspecified atom stereocenters. The van der Waals surface area contributed by atoms with Gasteiger partial charge in [-0.25, -0.2) is 14.6 Å². The molecular formula is C23H26F3N9. The Morgan fingerprint density at radius 2 is 1.97 bits per heavy atom. The van der Waals surface area contributed by atoms with E-state index in [0.717, 1.165) is 34.4 Å². The van der Waals surface area contributed by atoms with Crippen molar-refractivity contribution in [3.8, 4) is 11.3 Å². The molecule has 9 nitrogen and oxygen atoms in total. The first-order chi connectivity index (χ1) is 16.6. The number of aryl methyl sites for hydroxylation is 1. The van der Waals surface area contributed by atoms with Crippen molar-refractivity contribution in [3.63, 3.8) is 0 Å². The molecule has 4 aromatic rings. The van der Waals surface area contributed by atoms with Gasteiger partial charge >= 0.3 is 6.18 Å². The van der Waals surface area contributed by atoms with Gasteiger partial charge in [-0.15, -0.1) is 10.2 Å². The predicted molar refractivity (Wildman–Crippen MR) is 123 cm³/mol. The number of nitrogens with zero attached hydrogens (tertiary/aromatic N) is 8. The van der Waals surface area contributed by atoms with Crippen molar-refractivity contribution in [2.75, 3.05) is 18.8 Å².